The van der Waals surface area contributed by atoms with Crippen LogP contribution in [0.3, 0.4) is 0 Å². The Bertz CT molecular complexity index is 1010. The van der Waals surface area contributed by atoms with Crippen molar-refractivity contribution in [3.63, 3.8) is 0 Å². The lowest BCUT2D eigenvalue weighted by Gasteiger charge is -2.26. The molecule has 0 bridgehead atoms. The van der Waals surface area contributed by atoms with Gasteiger partial charge >= 0.3 is 0 Å². The topological polar surface area (TPSA) is 94.5 Å². The number of aliphatic hydroxyl groups excluding tert-OH is 1. The van der Waals surface area contributed by atoms with Crippen LogP contribution in [0.1, 0.15) is 12.7 Å². The normalized spacial score (nSPS) is 16.2. The molecule has 1 aromatic carbocycles. The summed E-state index contributed by atoms with van der Waals surface area (Å²) in [6, 6.07) is 12.9. The van der Waals surface area contributed by atoms with E-state index in [2.05, 4.69) is 15.9 Å². The largest absolute Gasteiger partial charge is 0.457 e. The number of imide groups is 1. The molecule has 0 unspecified atom stereocenters. The van der Waals surface area contributed by atoms with Gasteiger partial charge in [0.1, 0.15) is 23.2 Å². The average molecular weight is 427 g/mol. The molecule has 0 fully saturated rings. The van der Waals surface area contributed by atoms with Gasteiger partial charge in [-0.25, -0.2) is 0 Å². The van der Waals surface area contributed by atoms with Crippen LogP contribution in [0.25, 0.3) is 17.4 Å². The van der Waals surface area contributed by atoms with Crippen LogP contribution in [0, 0.1) is 11.3 Å². The maximum Gasteiger partial charge on any atom is 0.271 e. The van der Waals surface area contributed by atoms with E-state index in [1.165, 1.54) is 6.08 Å². The van der Waals surface area contributed by atoms with Gasteiger partial charge in [0.2, 0.25) is 0 Å². The monoisotopic (exact) mass is 426 g/mol. The molecule has 0 saturated heterocycles. The second-order valence-corrected chi connectivity index (χ2v) is 6.78. The molecule has 2 amide bonds. The molecule has 0 radical (unpaired) electrons. The van der Waals surface area contributed by atoms with E-state index in [1.807, 2.05) is 30.3 Å². The molecule has 0 aliphatic carbocycles. The molecule has 7 heteroatoms. The third-order valence-corrected chi connectivity index (χ3v) is 4.72. The van der Waals surface area contributed by atoms with Gasteiger partial charge in [0.05, 0.1) is 13.2 Å². The van der Waals surface area contributed by atoms with Crippen LogP contribution < -0.4 is 0 Å². The van der Waals surface area contributed by atoms with Crippen molar-refractivity contribution in [2.24, 2.45) is 0 Å². The van der Waals surface area contributed by atoms with E-state index < -0.39 is 11.8 Å². The molecule has 27 heavy (non-hydrogen) atoms. The summed E-state index contributed by atoms with van der Waals surface area (Å²) in [6.07, 6.45) is 1.51. The Morgan fingerprint density at radius 1 is 1.19 bits per heavy atom. The highest BCUT2D eigenvalue weighted by Gasteiger charge is 2.35. The summed E-state index contributed by atoms with van der Waals surface area (Å²) in [5.41, 5.74) is 1.24. The summed E-state index contributed by atoms with van der Waals surface area (Å²) in [7, 11) is 0. The van der Waals surface area contributed by atoms with Crippen molar-refractivity contribution in [1.29, 1.82) is 5.26 Å². The van der Waals surface area contributed by atoms with Gasteiger partial charge in [-0.05, 0) is 42.8 Å². The van der Waals surface area contributed by atoms with Gasteiger partial charge < -0.3 is 9.52 Å². The van der Waals surface area contributed by atoms with E-state index in [0.29, 0.717) is 17.1 Å². The highest BCUT2D eigenvalue weighted by atomic mass is 79.9. The van der Waals surface area contributed by atoms with Crippen LogP contribution in [-0.4, -0.2) is 35.0 Å². The van der Waals surface area contributed by atoms with E-state index in [0.717, 1.165) is 14.9 Å². The Morgan fingerprint density at radius 2 is 1.89 bits per heavy atom. The molecule has 1 aliphatic rings. The zero-order chi connectivity index (χ0) is 19.6. The molecular formula is C20H15BrN2O4. The summed E-state index contributed by atoms with van der Waals surface area (Å²) in [4.78, 5) is 25.8. The van der Waals surface area contributed by atoms with Crippen molar-refractivity contribution in [1.82, 2.24) is 4.90 Å². The van der Waals surface area contributed by atoms with Gasteiger partial charge in [-0.2, -0.15) is 5.26 Å². The van der Waals surface area contributed by atoms with Crippen molar-refractivity contribution in [3.05, 3.63) is 63.4 Å². The Morgan fingerprint density at radius 3 is 2.52 bits per heavy atom. The van der Waals surface area contributed by atoms with Gasteiger partial charge in [-0.3, -0.25) is 14.5 Å². The molecule has 0 spiro atoms. The number of furan rings is 1. The molecule has 1 N–H and O–H groups in total. The van der Waals surface area contributed by atoms with Gasteiger partial charge in [0, 0.05) is 15.6 Å². The Labute approximate surface area is 164 Å². The number of nitrogens with zero attached hydrogens (tertiary/aromatic N) is 2. The first kappa shape index (κ1) is 18.8. The highest BCUT2D eigenvalue weighted by molar-refractivity contribution is 9.10. The maximum absolute atomic E-state index is 12.7. The van der Waals surface area contributed by atoms with Crippen LogP contribution in [-0.2, 0) is 9.59 Å². The molecule has 2 aromatic rings. The average Bonchev–Trinajstić information content (AvgIpc) is 3.12. The Balaban J connectivity index is 2.01. The van der Waals surface area contributed by atoms with E-state index in [9.17, 15) is 14.9 Å². The first-order chi connectivity index (χ1) is 13.0. The van der Waals surface area contributed by atoms with Gasteiger partial charge in [-0.1, -0.05) is 28.1 Å². The maximum atomic E-state index is 12.7. The summed E-state index contributed by atoms with van der Waals surface area (Å²) < 4.78 is 6.75. The summed E-state index contributed by atoms with van der Waals surface area (Å²) in [5.74, 6) is -0.206. The zero-order valence-electron chi connectivity index (χ0n) is 14.4. The molecular weight excluding hydrogens is 412 g/mol. The number of halogens is 1. The number of hydrogen-bond donors (Lipinski definition) is 1. The fraction of sp³-hybridized carbons (Fsp3) is 0.150. The summed E-state index contributed by atoms with van der Waals surface area (Å²) in [6.45, 7) is 1.00. The Kier molecular flexibility index (Phi) is 5.40. The number of rotatable bonds is 4. The van der Waals surface area contributed by atoms with Crippen molar-refractivity contribution < 1.29 is 19.1 Å². The Hall–Kier alpha value is -2.95. The molecule has 1 aliphatic heterocycles. The van der Waals surface area contributed by atoms with E-state index >= 15 is 0 Å². The first-order valence-corrected chi connectivity index (χ1v) is 8.91. The highest BCUT2D eigenvalue weighted by Crippen LogP contribution is 2.29. The minimum absolute atomic E-state index is 0.117. The van der Waals surface area contributed by atoms with E-state index in [1.54, 1.807) is 19.1 Å². The number of carbonyl (C=O) groups is 2. The van der Waals surface area contributed by atoms with Crippen LogP contribution in [0.5, 0.6) is 0 Å². The van der Waals surface area contributed by atoms with Crippen LogP contribution in [0.15, 0.2) is 62.0 Å². The fourth-order valence-electron chi connectivity index (χ4n) is 2.77. The van der Waals surface area contributed by atoms with Crippen molar-refractivity contribution in [2.75, 3.05) is 13.2 Å². The van der Waals surface area contributed by atoms with E-state index in [4.69, 9.17) is 9.52 Å². The van der Waals surface area contributed by atoms with Gasteiger partial charge in [0.15, 0.2) is 0 Å². The minimum Gasteiger partial charge on any atom is -0.457 e. The standard InChI is InChI=1S/C20H15BrN2O4/c1-12-16(19(25)23(8-9-24)20(26)17(12)11-22)10-15-6-7-18(27-15)13-2-4-14(21)5-3-13/h2-7,10,24H,8-9H2,1H3/b16-10-. The van der Waals surface area contributed by atoms with Crippen LogP contribution >= 0.6 is 15.9 Å². The predicted octanol–water partition coefficient (Wildman–Crippen LogP) is 3.29. The van der Waals surface area contributed by atoms with E-state index in [-0.39, 0.29) is 24.3 Å². The molecule has 136 valence electrons. The van der Waals surface area contributed by atoms with Crippen molar-refractivity contribution >= 4 is 33.8 Å². The lowest BCUT2D eigenvalue weighted by molar-refractivity contribution is -0.140. The molecule has 1 aromatic heterocycles. The molecule has 0 atom stereocenters. The summed E-state index contributed by atoms with van der Waals surface area (Å²) in [5, 5.41) is 18.4. The number of benzene rings is 1. The second kappa shape index (κ2) is 7.74. The first-order valence-electron chi connectivity index (χ1n) is 8.12. The number of nitriles is 1. The molecule has 3 rings (SSSR count). The van der Waals surface area contributed by atoms with Gasteiger partial charge in [0.25, 0.3) is 11.8 Å². The number of β-amino-alcohol motifs (C(OH)–C–C–N with tert-alkyl or cyclic N) is 1. The molecule has 2 heterocycles. The smallest absolute Gasteiger partial charge is 0.271 e. The van der Waals surface area contributed by atoms with Crippen LogP contribution in [0.4, 0.5) is 0 Å². The number of aliphatic hydroxyl groups is 1. The number of hydrogen-bond acceptors (Lipinski definition) is 5. The predicted molar refractivity (Wildman–Crippen MR) is 102 cm³/mol. The fourth-order valence-corrected chi connectivity index (χ4v) is 3.04. The summed E-state index contributed by atoms with van der Waals surface area (Å²) >= 11 is 3.38. The third-order valence-electron chi connectivity index (χ3n) is 4.19. The third kappa shape index (κ3) is 3.63. The van der Waals surface area contributed by atoms with Crippen molar-refractivity contribution in [2.45, 2.75) is 6.92 Å². The van der Waals surface area contributed by atoms with Gasteiger partial charge in [-0.15, -0.1) is 0 Å². The molecule has 0 saturated carbocycles. The van der Waals surface area contributed by atoms with Crippen molar-refractivity contribution in [3.8, 4) is 17.4 Å². The lowest BCUT2D eigenvalue weighted by atomic mass is 9.95. The SMILES string of the molecule is CC1=C(C#N)C(=O)N(CCO)C(=O)/C1=C\c1ccc(-c2ccc(Br)cc2)o1. The quantitative estimate of drug-likeness (QED) is 0.597. The second-order valence-electron chi connectivity index (χ2n) is 5.86. The zero-order valence-corrected chi connectivity index (χ0v) is 16.0. The lowest BCUT2D eigenvalue weighted by Crippen LogP contribution is -2.44. The molecule has 6 nitrogen and oxygen atoms in total. The number of amides is 2. The van der Waals surface area contributed by atoms with Crippen LogP contribution in [0.2, 0.25) is 0 Å². The minimum atomic E-state index is -0.693. The number of carbonyl (C=O) groups excluding carboxylic acids is 2.